The van der Waals surface area contributed by atoms with Crippen molar-refractivity contribution in [1.82, 2.24) is 5.16 Å². The Morgan fingerprint density at radius 2 is 2.16 bits per heavy atom. The Labute approximate surface area is 110 Å². The van der Waals surface area contributed by atoms with Gasteiger partial charge in [-0.25, -0.2) is 0 Å². The molecule has 1 saturated heterocycles. The van der Waals surface area contributed by atoms with Crippen LogP contribution >= 0.6 is 0 Å². The molecule has 0 bridgehead atoms. The van der Waals surface area contributed by atoms with Crippen LogP contribution in [0.4, 0.5) is 5.69 Å². The van der Waals surface area contributed by atoms with E-state index in [0.29, 0.717) is 12.8 Å². The summed E-state index contributed by atoms with van der Waals surface area (Å²) in [6.45, 7) is 3.49. The predicted octanol–water partition coefficient (Wildman–Crippen LogP) is 2.44. The lowest BCUT2D eigenvalue weighted by Crippen LogP contribution is -2.36. The molecule has 100 valence electrons. The number of benzene rings is 1. The molecule has 1 aromatic heterocycles. The van der Waals surface area contributed by atoms with Crippen LogP contribution in [0.3, 0.4) is 0 Å². The van der Waals surface area contributed by atoms with Gasteiger partial charge in [0.25, 0.3) is 0 Å². The van der Waals surface area contributed by atoms with Crippen LogP contribution in [0.5, 0.6) is 0 Å². The zero-order chi connectivity index (χ0) is 13.4. The van der Waals surface area contributed by atoms with Gasteiger partial charge in [0.1, 0.15) is 0 Å². The average molecular weight is 260 g/mol. The Hall–Kier alpha value is -2.04. The molecule has 0 spiro atoms. The molecule has 2 aromatic rings. The monoisotopic (exact) mass is 260 g/mol. The molecule has 0 aliphatic carbocycles. The number of carboxylic acid groups (broad SMARTS) is 1. The molecule has 0 radical (unpaired) electrons. The summed E-state index contributed by atoms with van der Waals surface area (Å²) in [5.41, 5.74) is 2.79. The number of hydrogen-bond acceptors (Lipinski definition) is 4. The maximum atomic E-state index is 10.9. The molecular weight excluding hydrogens is 244 g/mol. The lowest BCUT2D eigenvalue weighted by molar-refractivity contribution is -0.142. The molecular formula is C14H16N2O3. The highest BCUT2D eigenvalue weighted by Gasteiger charge is 2.24. The standard InChI is InChI=1S/C14H16N2O3/c1-9-12-8-11(2-3-13(12)19-15-9)16-6-4-10(5-7-16)14(17)18/h2-3,8,10H,4-7H2,1H3,(H,17,18). The van der Waals surface area contributed by atoms with Crippen molar-refractivity contribution in [2.45, 2.75) is 19.8 Å². The molecule has 1 aliphatic heterocycles. The molecule has 19 heavy (non-hydrogen) atoms. The van der Waals surface area contributed by atoms with Crippen molar-refractivity contribution >= 4 is 22.6 Å². The van der Waals surface area contributed by atoms with E-state index in [1.807, 2.05) is 19.1 Å². The number of nitrogens with zero attached hydrogens (tertiary/aromatic N) is 2. The van der Waals surface area contributed by atoms with Gasteiger partial charge in [-0.2, -0.15) is 0 Å². The molecule has 2 heterocycles. The van der Waals surface area contributed by atoms with Gasteiger partial charge in [-0.15, -0.1) is 0 Å². The lowest BCUT2D eigenvalue weighted by atomic mass is 9.96. The average Bonchev–Trinajstić information content (AvgIpc) is 2.80. The highest BCUT2D eigenvalue weighted by molar-refractivity contribution is 5.83. The van der Waals surface area contributed by atoms with Crippen molar-refractivity contribution in [3.63, 3.8) is 0 Å². The van der Waals surface area contributed by atoms with E-state index in [1.165, 1.54) is 0 Å². The fourth-order valence-electron chi connectivity index (χ4n) is 2.63. The smallest absolute Gasteiger partial charge is 0.306 e. The van der Waals surface area contributed by atoms with Crippen LogP contribution in [0.15, 0.2) is 22.7 Å². The largest absolute Gasteiger partial charge is 0.481 e. The van der Waals surface area contributed by atoms with Crippen LogP contribution in [-0.2, 0) is 4.79 Å². The molecule has 0 atom stereocenters. The minimum Gasteiger partial charge on any atom is -0.481 e. The van der Waals surface area contributed by atoms with Crippen LogP contribution in [0, 0.1) is 12.8 Å². The van der Waals surface area contributed by atoms with Crippen molar-refractivity contribution in [3.05, 3.63) is 23.9 Å². The summed E-state index contributed by atoms with van der Waals surface area (Å²) >= 11 is 0. The molecule has 0 unspecified atom stereocenters. The zero-order valence-corrected chi connectivity index (χ0v) is 10.8. The summed E-state index contributed by atoms with van der Waals surface area (Å²) in [6, 6.07) is 6.00. The van der Waals surface area contributed by atoms with Gasteiger partial charge >= 0.3 is 5.97 Å². The van der Waals surface area contributed by atoms with Crippen LogP contribution in [-0.4, -0.2) is 29.3 Å². The normalized spacial score (nSPS) is 17.0. The minimum absolute atomic E-state index is 0.197. The third kappa shape index (κ3) is 2.16. The zero-order valence-electron chi connectivity index (χ0n) is 10.8. The van der Waals surface area contributed by atoms with E-state index < -0.39 is 5.97 Å². The second-order valence-corrected chi connectivity index (χ2v) is 5.05. The molecule has 1 fully saturated rings. The minimum atomic E-state index is -0.676. The Morgan fingerprint density at radius 1 is 1.42 bits per heavy atom. The SMILES string of the molecule is Cc1noc2ccc(N3CCC(C(=O)O)CC3)cc12. The maximum absolute atomic E-state index is 10.9. The Bertz CT molecular complexity index is 612. The van der Waals surface area contributed by atoms with Gasteiger partial charge in [-0.3, -0.25) is 4.79 Å². The van der Waals surface area contributed by atoms with Gasteiger partial charge in [0.2, 0.25) is 0 Å². The fraction of sp³-hybridized carbons (Fsp3) is 0.429. The number of carbonyl (C=O) groups is 1. The number of aromatic nitrogens is 1. The van der Waals surface area contributed by atoms with Crippen LogP contribution in [0.1, 0.15) is 18.5 Å². The van der Waals surface area contributed by atoms with Crippen molar-refractivity contribution in [1.29, 1.82) is 0 Å². The van der Waals surface area contributed by atoms with Crippen LogP contribution in [0.25, 0.3) is 11.0 Å². The quantitative estimate of drug-likeness (QED) is 0.898. The van der Waals surface area contributed by atoms with E-state index in [-0.39, 0.29) is 5.92 Å². The summed E-state index contributed by atoms with van der Waals surface area (Å²) in [5.74, 6) is -0.873. The molecule has 0 amide bonds. The second kappa shape index (κ2) is 4.57. The first-order valence-corrected chi connectivity index (χ1v) is 6.49. The number of anilines is 1. The van der Waals surface area contributed by atoms with Gasteiger partial charge in [0.05, 0.1) is 11.6 Å². The highest BCUT2D eigenvalue weighted by atomic mass is 16.5. The van der Waals surface area contributed by atoms with E-state index in [1.54, 1.807) is 0 Å². The van der Waals surface area contributed by atoms with Crippen molar-refractivity contribution in [3.8, 4) is 0 Å². The molecule has 5 heteroatoms. The van der Waals surface area contributed by atoms with Crippen molar-refractivity contribution in [2.24, 2.45) is 5.92 Å². The van der Waals surface area contributed by atoms with Gasteiger partial charge in [0.15, 0.2) is 5.58 Å². The van der Waals surface area contributed by atoms with E-state index in [2.05, 4.69) is 16.1 Å². The Balaban J connectivity index is 1.81. The lowest BCUT2D eigenvalue weighted by Gasteiger charge is -2.31. The summed E-state index contributed by atoms with van der Waals surface area (Å²) in [6.07, 6.45) is 1.41. The Morgan fingerprint density at radius 3 is 2.84 bits per heavy atom. The number of hydrogen-bond donors (Lipinski definition) is 1. The van der Waals surface area contributed by atoms with Gasteiger partial charge in [0, 0.05) is 24.2 Å². The molecule has 0 saturated carbocycles. The number of piperidine rings is 1. The van der Waals surface area contributed by atoms with Crippen molar-refractivity contribution < 1.29 is 14.4 Å². The first-order chi connectivity index (χ1) is 9.15. The predicted molar refractivity (Wildman–Crippen MR) is 71.3 cm³/mol. The third-order valence-corrected chi connectivity index (χ3v) is 3.84. The number of fused-ring (bicyclic) bond motifs is 1. The van der Waals surface area contributed by atoms with Crippen LogP contribution < -0.4 is 4.90 Å². The molecule has 1 aliphatic rings. The van der Waals surface area contributed by atoms with E-state index in [9.17, 15) is 4.79 Å². The fourth-order valence-corrected chi connectivity index (χ4v) is 2.63. The maximum Gasteiger partial charge on any atom is 0.306 e. The van der Waals surface area contributed by atoms with Gasteiger partial charge in [-0.05, 0) is 38.0 Å². The second-order valence-electron chi connectivity index (χ2n) is 5.05. The number of aryl methyl sites for hydroxylation is 1. The van der Waals surface area contributed by atoms with E-state index in [0.717, 1.165) is 35.4 Å². The number of aliphatic carboxylic acids is 1. The summed E-state index contributed by atoms with van der Waals surface area (Å²) in [4.78, 5) is 13.2. The molecule has 3 rings (SSSR count). The van der Waals surface area contributed by atoms with E-state index in [4.69, 9.17) is 9.63 Å². The van der Waals surface area contributed by atoms with E-state index >= 15 is 0 Å². The Kier molecular flexibility index (Phi) is 2.89. The summed E-state index contributed by atoms with van der Waals surface area (Å²) in [7, 11) is 0. The first-order valence-electron chi connectivity index (χ1n) is 6.49. The van der Waals surface area contributed by atoms with Gasteiger partial charge in [-0.1, -0.05) is 5.16 Å². The summed E-state index contributed by atoms with van der Waals surface area (Å²) in [5, 5.41) is 14.0. The highest BCUT2D eigenvalue weighted by Crippen LogP contribution is 2.28. The summed E-state index contributed by atoms with van der Waals surface area (Å²) < 4.78 is 5.19. The number of carboxylic acids is 1. The molecule has 1 N–H and O–H groups in total. The first kappa shape index (κ1) is 12.0. The van der Waals surface area contributed by atoms with Gasteiger partial charge < -0.3 is 14.5 Å². The third-order valence-electron chi connectivity index (χ3n) is 3.84. The van der Waals surface area contributed by atoms with Crippen molar-refractivity contribution in [2.75, 3.05) is 18.0 Å². The molecule has 1 aromatic carbocycles. The number of rotatable bonds is 2. The topological polar surface area (TPSA) is 66.6 Å². The molecule has 5 nitrogen and oxygen atoms in total. The van der Waals surface area contributed by atoms with Crippen LogP contribution in [0.2, 0.25) is 0 Å².